The molecule has 28 heavy (non-hydrogen) atoms. The summed E-state index contributed by atoms with van der Waals surface area (Å²) in [5.41, 5.74) is 2.09. The molecule has 2 aromatic rings. The Morgan fingerprint density at radius 1 is 1.07 bits per heavy atom. The predicted molar refractivity (Wildman–Crippen MR) is 108 cm³/mol. The zero-order valence-electron chi connectivity index (χ0n) is 15.7. The molecule has 2 saturated carbocycles. The molecule has 0 aromatic heterocycles. The second kappa shape index (κ2) is 6.65. The van der Waals surface area contributed by atoms with Gasteiger partial charge in [0.25, 0.3) is 0 Å². The van der Waals surface area contributed by atoms with Gasteiger partial charge in [-0.15, -0.1) is 0 Å². The molecule has 4 nitrogen and oxygen atoms in total. The predicted octanol–water partition coefficient (Wildman–Crippen LogP) is 3.24. The molecule has 1 aliphatic heterocycles. The molecule has 0 amide bonds. The van der Waals surface area contributed by atoms with E-state index >= 15 is 4.39 Å². The third-order valence-electron chi connectivity index (χ3n) is 6.53. The van der Waals surface area contributed by atoms with Crippen LogP contribution in [0.25, 0.3) is 11.1 Å². The Labute approximate surface area is 165 Å². The van der Waals surface area contributed by atoms with E-state index < -0.39 is 10.0 Å². The lowest BCUT2D eigenvalue weighted by molar-refractivity contribution is 0.406. The van der Waals surface area contributed by atoms with Crippen LogP contribution in [0, 0.1) is 11.2 Å². The summed E-state index contributed by atoms with van der Waals surface area (Å²) in [4.78, 5) is 0. The van der Waals surface area contributed by atoms with E-state index in [1.807, 2.05) is 42.5 Å². The van der Waals surface area contributed by atoms with Gasteiger partial charge in [0, 0.05) is 29.6 Å². The third kappa shape index (κ3) is 3.27. The largest absolute Gasteiger partial charge is 0.311 e. The number of nitrogens with one attached hydrogen (secondary N) is 2. The molecule has 2 aromatic carbocycles. The molecule has 148 valence electrons. The van der Waals surface area contributed by atoms with E-state index in [0.717, 1.165) is 37.8 Å². The topological polar surface area (TPSA) is 58.2 Å². The molecule has 3 aliphatic rings. The fourth-order valence-corrected chi connectivity index (χ4v) is 6.22. The highest BCUT2D eigenvalue weighted by Gasteiger charge is 2.58. The van der Waals surface area contributed by atoms with Crippen LogP contribution in [0.1, 0.15) is 31.2 Å². The van der Waals surface area contributed by atoms with Crippen LogP contribution in [0.3, 0.4) is 0 Å². The zero-order valence-corrected chi connectivity index (χ0v) is 16.5. The number of rotatable bonds is 6. The Hall–Kier alpha value is -1.76. The molecule has 2 aliphatic carbocycles. The Morgan fingerprint density at radius 3 is 2.50 bits per heavy atom. The van der Waals surface area contributed by atoms with E-state index in [1.54, 1.807) is 6.07 Å². The smallest absolute Gasteiger partial charge is 0.214 e. The molecule has 6 heteroatoms. The molecular formula is C22H25FN2O2S. The standard InChI is InChI=1S/C22H25FN2O2S/c23-20-16(7-4-8-18(20)15-5-2-1-3-6-15)13-19-21(22(11-12-22)14-24-19)25-28(26,27)17-9-10-17/h1-8,17,19,21,24-25H,9-14H2/t19-,21+/m0/s1. The van der Waals surface area contributed by atoms with Gasteiger partial charge in [0.1, 0.15) is 5.82 Å². The quantitative estimate of drug-likeness (QED) is 0.783. The van der Waals surface area contributed by atoms with Crippen molar-refractivity contribution in [3.63, 3.8) is 0 Å². The van der Waals surface area contributed by atoms with Crippen LogP contribution < -0.4 is 10.0 Å². The van der Waals surface area contributed by atoms with Crippen molar-refractivity contribution in [3.05, 3.63) is 59.9 Å². The highest BCUT2D eigenvalue weighted by Crippen LogP contribution is 2.53. The van der Waals surface area contributed by atoms with Gasteiger partial charge in [0.2, 0.25) is 10.0 Å². The lowest BCUT2D eigenvalue weighted by Crippen LogP contribution is -2.48. The highest BCUT2D eigenvalue weighted by molar-refractivity contribution is 7.90. The minimum absolute atomic E-state index is 0.0140. The Balaban J connectivity index is 1.41. The van der Waals surface area contributed by atoms with Crippen LogP contribution in [-0.2, 0) is 16.4 Å². The van der Waals surface area contributed by atoms with E-state index in [-0.39, 0.29) is 28.6 Å². The average molecular weight is 401 g/mol. The first-order chi connectivity index (χ1) is 13.5. The van der Waals surface area contributed by atoms with Crippen LogP contribution in [0.5, 0.6) is 0 Å². The van der Waals surface area contributed by atoms with Gasteiger partial charge in [0.05, 0.1) is 5.25 Å². The molecule has 2 atom stereocenters. The van der Waals surface area contributed by atoms with Crippen molar-refractivity contribution < 1.29 is 12.8 Å². The maximum absolute atomic E-state index is 15.3. The number of hydrogen-bond acceptors (Lipinski definition) is 3. The molecule has 1 spiro atoms. The SMILES string of the molecule is O=S(=O)(N[C@@H]1[C@H](Cc2cccc(-c3ccccc3)c2F)NCC12CC2)C1CC1. The summed E-state index contributed by atoms with van der Waals surface area (Å²) in [6.07, 6.45) is 4.04. The fraction of sp³-hybridized carbons (Fsp3) is 0.455. The number of benzene rings is 2. The number of hydrogen-bond donors (Lipinski definition) is 2. The first-order valence-corrected chi connectivity index (χ1v) is 11.6. The number of halogens is 1. The van der Waals surface area contributed by atoms with Gasteiger partial charge in [-0.25, -0.2) is 17.5 Å². The van der Waals surface area contributed by atoms with Crippen molar-refractivity contribution >= 4 is 10.0 Å². The van der Waals surface area contributed by atoms with Gasteiger partial charge >= 0.3 is 0 Å². The minimum atomic E-state index is -3.27. The van der Waals surface area contributed by atoms with E-state index in [1.165, 1.54) is 0 Å². The monoisotopic (exact) mass is 400 g/mol. The van der Waals surface area contributed by atoms with Gasteiger partial charge < -0.3 is 5.32 Å². The van der Waals surface area contributed by atoms with Crippen molar-refractivity contribution in [2.75, 3.05) is 6.54 Å². The summed E-state index contributed by atoms with van der Waals surface area (Å²) in [7, 11) is -3.27. The lowest BCUT2D eigenvalue weighted by atomic mass is 9.91. The summed E-state index contributed by atoms with van der Waals surface area (Å²) in [5.74, 6) is -0.212. The van der Waals surface area contributed by atoms with Crippen molar-refractivity contribution in [2.24, 2.45) is 5.41 Å². The van der Waals surface area contributed by atoms with E-state index in [9.17, 15) is 8.42 Å². The van der Waals surface area contributed by atoms with Crippen molar-refractivity contribution in [1.29, 1.82) is 0 Å². The maximum atomic E-state index is 15.3. The van der Waals surface area contributed by atoms with E-state index in [0.29, 0.717) is 17.5 Å². The second-order valence-corrected chi connectivity index (χ2v) is 10.5. The van der Waals surface area contributed by atoms with Gasteiger partial charge in [-0.05, 0) is 43.2 Å². The normalized spacial score (nSPS) is 25.9. The summed E-state index contributed by atoms with van der Waals surface area (Å²) < 4.78 is 43.4. The van der Waals surface area contributed by atoms with Crippen LogP contribution >= 0.6 is 0 Å². The molecule has 1 heterocycles. The van der Waals surface area contributed by atoms with Crippen LogP contribution in [-0.4, -0.2) is 32.3 Å². The molecule has 0 radical (unpaired) electrons. The number of sulfonamides is 1. The highest BCUT2D eigenvalue weighted by atomic mass is 32.2. The molecule has 5 rings (SSSR count). The maximum Gasteiger partial charge on any atom is 0.214 e. The Bertz CT molecular complexity index is 985. The zero-order chi connectivity index (χ0) is 19.4. The molecule has 3 fully saturated rings. The van der Waals surface area contributed by atoms with Crippen LogP contribution in [0.15, 0.2) is 48.5 Å². The average Bonchev–Trinajstić information content (AvgIpc) is 3.59. The van der Waals surface area contributed by atoms with Crippen molar-refractivity contribution in [1.82, 2.24) is 10.0 Å². The summed E-state index contributed by atoms with van der Waals surface area (Å²) >= 11 is 0. The van der Waals surface area contributed by atoms with Gasteiger partial charge in [-0.3, -0.25) is 0 Å². The van der Waals surface area contributed by atoms with Crippen molar-refractivity contribution in [2.45, 2.75) is 49.4 Å². The molecule has 0 bridgehead atoms. The summed E-state index contributed by atoms with van der Waals surface area (Å²) in [6.45, 7) is 0.801. The fourth-order valence-electron chi connectivity index (χ4n) is 4.50. The Morgan fingerprint density at radius 2 is 1.82 bits per heavy atom. The van der Waals surface area contributed by atoms with Gasteiger partial charge in [0.15, 0.2) is 0 Å². The molecule has 0 unspecified atom stereocenters. The van der Waals surface area contributed by atoms with Gasteiger partial charge in [-0.2, -0.15) is 0 Å². The summed E-state index contributed by atoms with van der Waals surface area (Å²) in [6, 6.07) is 14.8. The first kappa shape index (κ1) is 18.3. The second-order valence-electron chi connectivity index (χ2n) is 8.54. The third-order valence-corrected chi connectivity index (χ3v) is 8.46. The van der Waals surface area contributed by atoms with Crippen LogP contribution in [0.4, 0.5) is 4.39 Å². The summed E-state index contributed by atoms with van der Waals surface area (Å²) in [5, 5.41) is 3.25. The lowest BCUT2D eigenvalue weighted by Gasteiger charge is -2.25. The van der Waals surface area contributed by atoms with Crippen molar-refractivity contribution in [3.8, 4) is 11.1 Å². The van der Waals surface area contributed by atoms with Crippen LogP contribution in [0.2, 0.25) is 0 Å². The van der Waals surface area contributed by atoms with E-state index in [2.05, 4.69) is 10.0 Å². The molecular weight excluding hydrogens is 375 g/mol. The van der Waals surface area contributed by atoms with Gasteiger partial charge in [-0.1, -0.05) is 48.5 Å². The Kier molecular flexibility index (Phi) is 4.34. The van der Waals surface area contributed by atoms with E-state index in [4.69, 9.17) is 0 Å². The minimum Gasteiger partial charge on any atom is -0.311 e. The first-order valence-electron chi connectivity index (χ1n) is 10.1. The molecule has 1 saturated heterocycles. The molecule has 2 N–H and O–H groups in total.